The molecule has 2 N–H and O–H groups in total. The van der Waals surface area contributed by atoms with Gasteiger partial charge in [0.05, 0.1) is 12.8 Å². The molecule has 0 saturated carbocycles. The van der Waals surface area contributed by atoms with E-state index in [9.17, 15) is 4.79 Å². The maximum Gasteiger partial charge on any atom is 0.262 e. The van der Waals surface area contributed by atoms with Crippen molar-refractivity contribution in [1.29, 1.82) is 0 Å². The third-order valence-corrected chi connectivity index (χ3v) is 3.75. The van der Waals surface area contributed by atoms with Crippen LogP contribution in [0.25, 0.3) is 0 Å². The SMILES string of the molecule is COc1ccc(C(C)=NNC(=O)[C@H](C)Nc2ccccc2C)cc1. The molecule has 5 nitrogen and oxygen atoms in total. The lowest BCUT2D eigenvalue weighted by Gasteiger charge is -2.15. The first-order valence-electron chi connectivity index (χ1n) is 7.82. The van der Waals surface area contributed by atoms with Crippen molar-refractivity contribution in [2.45, 2.75) is 26.8 Å². The predicted molar refractivity (Wildman–Crippen MR) is 97.6 cm³/mol. The highest BCUT2D eigenvalue weighted by atomic mass is 16.5. The minimum atomic E-state index is -0.390. The van der Waals surface area contributed by atoms with Gasteiger partial charge >= 0.3 is 0 Å². The zero-order chi connectivity index (χ0) is 17.5. The van der Waals surface area contributed by atoms with Gasteiger partial charge in [-0.2, -0.15) is 5.10 Å². The van der Waals surface area contributed by atoms with Crippen molar-refractivity contribution in [3.63, 3.8) is 0 Å². The largest absolute Gasteiger partial charge is 0.497 e. The minimum absolute atomic E-state index is 0.189. The lowest BCUT2D eigenvalue weighted by molar-refractivity contribution is -0.121. The molecule has 2 aromatic carbocycles. The Morgan fingerprint density at radius 3 is 2.42 bits per heavy atom. The van der Waals surface area contributed by atoms with E-state index in [1.165, 1.54) is 0 Å². The molecule has 5 heteroatoms. The number of para-hydroxylation sites is 1. The summed E-state index contributed by atoms with van der Waals surface area (Å²) in [7, 11) is 1.62. The van der Waals surface area contributed by atoms with E-state index in [1.807, 2.05) is 62.4 Å². The number of carbonyl (C=O) groups is 1. The fourth-order valence-corrected chi connectivity index (χ4v) is 2.17. The highest BCUT2D eigenvalue weighted by Crippen LogP contribution is 2.14. The fraction of sp³-hybridized carbons (Fsp3) is 0.263. The molecule has 0 aliphatic rings. The lowest BCUT2D eigenvalue weighted by Crippen LogP contribution is -2.35. The van der Waals surface area contributed by atoms with E-state index in [0.717, 1.165) is 28.3 Å². The molecule has 0 radical (unpaired) electrons. The molecule has 2 rings (SSSR count). The Bertz CT molecular complexity index is 724. The number of benzene rings is 2. The van der Waals surface area contributed by atoms with Gasteiger partial charge in [-0.25, -0.2) is 5.43 Å². The van der Waals surface area contributed by atoms with E-state index in [4.69, 9.17) is 4.74 Å². The third kappa shape index (κ3) is 4.59. The number of hydrogen-bond acceptors (Lipinski definition) is 4. The second-order valence-electron chi connectivity index (χ2n) is 5.58. The summed E-state index contributed by atoms with van der Waals surface area (Å²) in [4.78, 5) is 12.2. The third-order valence-electron chi connectivity index (χ3n) is 3.75. The van der Waals surface area contributed by atoms with Gasteiger partial charge in [0.2, 0.25) is 0 Å². The molecule has 2 aromatic rings. The van der Waals surface area contributed by atoms with Crippen molar-refractivity contribution < 1.29 is 9.53 Å². The average Bonchev–Trinajstić information content (AvgIpc) is 2.61. The van der Waals surface area contributed by atoms with Gasteiger partial charge in [-0.1, -0.05) is 18.2 Å². The molecular formula is C19H23N3O2. The van der Waals surface area contributed by atoms with Gasteiger partial charge in [0.25, 0.3) is 5.91 Å². The molecule has 24 heavy (non-hydrogen) atoms. The van der Waals surface area contributed by atoms with Crippen LogP contribution in [0.1, 0.15) is 25.0 Å². The summed E-state index contributed by atoms with van der Waals surface area (Å²) >= 11 is 0. The molecule has 0 aliphatic heterocycles. The maximum absolute atomic E-state index is 12.2. The van der Waals surface area contributed by atoms with Gasteiger partial charge in [-0.3, -0.25) is 4.79 Å². The number of nitrogens with zero attached hydrogens (tertiary/aromatic N) is 1. The summed E-state index contributed by atoms with van der Waals surface area (Å²) < 4.78 is 5.13. The summed E-state index contributed by atoms with van der Waals surface area (Å²) in [5, 5.41) is 7.36. The van der Waals surface area contributed by atoms with Crippen molar-refractivity contribution in [3.05, 3.63) is 59.7 Å². The quantitative estimate of drug-likeness (QED) is 0.632. The van der Waals surface area contributed by atoms with Crippen molar-refractivity contribution in [1.82, 2.24) is 5.43 Å². The normalized spacial score (nSPS) is 12.4. The number of anilines is 1. The molecule has 0 unspecified atom stereocenters. The number of hydrazone groups is 1. The first-order chi connectivity index (χ1) is 11.5. The molecule has 0 saturated heterocycles. The Balaban J connectivity index is 1.96. The van der Waals surface area contributed by atoms with Crippen molar-refractivity contribution in [3.8, 4) is 5.75 Å². The van der Waals surface area contributed by atoms with E-state index in [1.54, 1.807) is 14.0 Å². The molecule has 0 heterocycles. The number of carbonyl (C=O) groups excluding carboxylic acids is 1. The summed E-state index contributed by atoms with van der Waals surface area (Å²) in [6.45, 7) is 5.65. The Morgan fingerprint density at radius 1 is 1.12 bits per heavy atom. The molecule has 0 aliphatic carbocycles. The van der Waals surface area contributed by atoms with Crippen LogP contribution >= 0.6 is 0 Å². The average molecular weight is 325 g/mol. The predicted octanol–water partition coefficient (Wildman–Crippen LogP) is 3.34. The van der Waals surface area contributed by atoms with Crippen LogP contribution in [0.3, 0.4) is 0 Å². The standard InChI is InChI=1S/C19H23N3O2/c1-13-7-5-6-8-18(13)20-15(3)19(23)22-21-14(2)16-9-11-17(24-4)12-10-16/h5-12,15,20H,1-4H3,(H,22,23)/t15-/m0/s1. The van der Waals surface area contributed by atoms with Crippen LogP contribution < -0.4 is 15.5 Å². The summed E-state index contributed by atoms with van der Waals surface area (Å²) in [5.41, 5.74) is 6.29. The smallest absolute Gasteiger partial charge is 0.262 e. The van der Waals surface area contributed by atoms with Gasteiger partial charge in [0, 0.05) is 5.69 Å². The number of ether oxygens (including phenoxy) is 1. The summed E-state index contributed by atoms with van der Waals surface area (Å²) in [6, 6.07) is 15.0. The molecule has 1 atom stereocenters. The van der Waals surface area contributed by atoms with Crippen LogP contribution in [0.2, 0.25) is 0 Å². The number of amides is 1. The number of aryl methyl sites for hydroxylation is 1. The van der Waals surface area contributed by atoms with Crippen LogP contribution in [-0.4, -0.2) is 24.8 Å². The Morgan fingerprint density at radius 2 is 1.79 bits per heavy atom. The van der Waals surface area contributed by atoms with Gasteiger partial charge in [0.1, 0.15) is 11.8 Å². The van der Waals surface area contributed by atoms with Crippen LogP contribution in [-0.2, 0) is 4.79 Å². The highest BCUT2D eigenvalue weighted by molar-refractivity contribution is 5.99. The first-order valence-corrected chi connectivity index (χ1v) is 7.82. The molecule has 1 amide bonds. The first kappa shape index (κ1) is 17.5. The molecule has 0 spiro atoms. The van der Waals surface area contributed by atoms with Gasteiger partial charge < -0.3 is 10.1 Å². The van der Waals surface area contributed by atoms with E-state index in [2.05, 4.69) is 15.8 Å². The number of rotatable bonds is 6. The second kappa shape index (κ2) is 8.15. The monoisotopic (exact) mass is 325 g/mol. The van der Waals surface area contributed by atoms with Crippen molar-refractivity contribution >= 4 is 17.3 Å². The van der Waals surface area contributed by atoms with Crippen LogP contribution in [0, 0.1) is 6.92 Å². The van der Waals surface area contributed by atoms with Crippen LogP contribution in [0.4, 0.5) is 5.69 Å². The molecule has 0 bridgehead atoms. The Kier molecular flexibility index (Phi) is 5.95. The van der Waals surface area contributed by atoms with E-state index in [0.29, 0.717) is 0 Å². The Labute approximate surface area is 142 Å². The number of nitrogens with one attached hydrogen (secondary N) is 2. The van der Waals surface area contributed by atoms with Gasteiger partial charge in [-0.15, -0.1) is 0 Å². The summed E-state index contributed by atoms with van der Waals surface area (Å²) in [6.07, 6.45) is 0. The molecule has 0 fully saturated rings. The topological polar surface area (TPSA) is 62.7 Å². The Hall–Kier alpha value is -2.82. The van der Waals surface area contributed by atoms with Crippen molar-refractivity contribution in [2.75, 3.05) is 12.4 Å². The van der Waals surface area contributed by atoms with E-state index < -0.39 is 6.04 Å². The summed E-state index contributed by atoms with van der Waals surface area (Å²) in [5.74, 6) is 0.595. The highest BCUT2D eigenvalue weighted by Gasteiger charge is 2.12. The molecule has 126 valence electrons. The molecule has 0 aromatic heterocycles. The zero-order valence-corrected chi connectivity index (χ0v) is 14.5. The number of hydrogen-bond donors (Lipinski definition) is 2. The van der Waals surface area contributed by atoms with Gasteiger partial charge in [-0.05, 0) is 62.2 Å². The fourth-order valence-electron chi connectivity index (χ4n) is 2.17. The van der Waals surface area contributed by atoms with Gasteiger partial charge in [0.15, 0.2) is 0 Å². The van der Waals surface area contributed by atoms with Crippen LogP contribution in [0.5, 0.6) is 5.75 Å². The minimum Gasteiger partial charge on any atom is -0.497 e. The maximum atomic E-state index is 12.2. The van der Waals surface area contributed by atoms with E-state index in [-0.39, 0.29) is 5.91 Å². The van der Waals surface area contributed by atoms with Crippen molar-refractivity contribution in [2.24, 2.45) is 5.10 Å². The second-order valence-corrected chi connectivity index (χ2v) is 5.58. The zero-order valence-electron chi connectivity index (χ0n) is 14.5. The lowest BCUT2D eigenvalue weighted by atomic mass is 10.1. The molecular weight excluding hydrogens is 302 g/mol. The van der Waals surface area contributed by atoms with Crippen LogP contribution in [0.15, 0.2) is 53.6 Å². The van der Waals surface area contributed by atoms with E-state index >= 15 is 0 Å². The number of methoxy groups -OCH3 is 1.